The average Bonchev–Trinajstić information content (AvgIpc) is 1.85. The van der Waals surface area contributed by atoms with E-state index in [1.165, 1.54) is 6.08 Å². The summed E-state index contributed by atoms with van der Waals surface area (Å²) in [7, 11) is 0. The summed E-state index contributed by atoms with van der Waals surface area (Å²) in [6, 6.07) is 0. The highest BCUT2D eigenvalue weighted by molar-refractivity contribution is 7.55. The van der Waals surface area contributed by atoms with Crippen LogP contribution in [0.5, 0.6) is 0 Å². The molecule has 50 valence electrons. The Morgan fingerprint density at radius 1 is 1.89 bits per heavy atom. The van der Waals surface area contributed by atoms with Crippen LogP contribution in [0.15, 0.2) is 17.0 Å². The van der Waals surface area contributed by atoms with E-state index in [1.54, 1.807) is 0 Å². The summed E-state index contributed by atoms with van der Waals surface area (Å²) < 4.78 is 16.6. The standard InChI is InChI=1S/C4H5NO3S/c1-2-3-8-4(6)5-9-7/h2H,1,3H2. The predicted molar refractivity (Wildman–Crippen MR) is 32.1 cm³/mol. The minimum atomic E-state index is -0.866. The Morgan fingerprint density at radius 2 is 2.56 bits per heavy atom. The van der Waals surface area contributed by atoms with Crippen LogP contribution in [0.2, 0.25) is 0 Å². The lowest BCUT2D eigenvalue weighted by molar-refractivity contribution is 0.170. The lowest BCUT2D eigenvalue weighted by Crippen LogP contribution is -1.96. The van der Waals surface area contributed by atoms with E-state index in [0.29, 0.717) is 0 Å². The van der Waals surface area contributed by atoms with Crippen molar-refractivity contribution in [3.63, 3.8) is 0 Å². The van der Waals surface area contributed by atoms with Gasteiger partial charge in [-0.05, 0) is 0 Å². The molecule has 0 aromatic heterocycles. The van der Waals surface area contributed by atoms with Crippen LogP contribution >= 0.6 is 0 Å². The van der Waals surface area contributed by atoms with Crippen molar-refractivity contribution in [3.8, 4) is 0 Å². The molecule has 1 amide bonds. The number of carbonyl (C=O) groups excluding carboxylic acids is 1. The summed E-state index contributed by atoms with van der Waals surface area (Å²) in [5.41, 5.74) is 0. The van der Waals surface area contributed by atoms with E-state index in [9.17, 15) is 9.00 Å². The van der Waals surface area contributed by atoms with Crippen molar-refractivity contribution in [2.45, 2.75) is 0 Å². The summed E-state index contributed by atoms with van der Waals surface area (Å²) in [6.45, 7) is 3.38. The van der Waals surface area contributed by atoms with Gasteiger partial charge in [0.15, 0.2) is 0 Å². The van der Waals surface area contributed by atoms with Gasteiger partial charge in [0.1, 0.15) is 6.61 Å². The summed E-state index contributed by atoms with van der Waals surface area (Å²) >= 11 is -0.174. The molecule has 0 unspecified atom stereocenters. The highest BCUT2D eigenvalue weighted by atomic mass is 32.1. The van der Waals surface area contributed by atoms with Gasteiger partial charge < -0.3 is 4.74 Å². The van der Waals surface area contributed by atoms with E-state index in [2.05, 4.69) is 15.7 Å². The Morgan fingerprint density at radius 3 is 3.00 bits per heavy atom. The van der Waals surface area contributed by atoms with Crippen molar-refractivity contribution < 1.29 is 13.7 Å². The van der Waals surface area contributed by atoms with Gasteiger partial charge in [0, 0.05) is 0 Å². The number of rotatable bonds is 2. The van der Waals surface area contributed by atoms with Gasteiger partial charge in [0.2, 0.25) is 11.5 Å². The van der Waals surface area contributed by atoms with Crippen LogP contribution in [0.3, 0.4) is 0 Å². The molecule has 0 heterocycles. The van der Waals surface area contributed by atoms with Crippen molar-refractivity contribution in [2.75, 3.05) is 6.61 Å². The Bertz CT molecular complexity index is 161. The fraction of sp³-hybridized carbons (Fsp3) is 0.250. The van der Waals surface area contributed by atoms with Crippen LogP contribution in [0, 0.1) is 0 Å². The van der Waals surface area contributed by atoms with Crippen LogP contribution in [0.25, 0.3) is 0 Å². The molecule has 5 heteroatoms. The molecule has 0 saturated heterocycles. The number of hydrogen-bond acceptors (Lipinski definition) is 3. The van der Waals surface area contributed by atoms with Gasteiger partial charge in [-0.1, -0.05) is 17.0 Å². The summed E-state index contributed by atoms with van der Waals surface area (Å²) in [6.07, 6.45) is 0.526. The zero-order valence-corrected chi connectivity index (χ0v) is 5.39. The van der Waals surface area contributed by atoms with Crippen LogP contribution in [0.1, 0.15) is 0 Å². The molecule has 0 radical (unpaired) electrons. The van der Waals surface area contributed by atoms with E-state index in [-0.39, 0.29) is 18.1 Å². The lowest BCUT2D eigenvalue weighted by atomic mass is 10.7. The maximum Gasteiger partial charge on any atom is 0.447 e. The SMILES string of the molecule is C=CCOC(=O)N=S=O. The lowest BCUT2D eigenvalue weighted by Gasteiger charge is -1.89. The molecule has 4 nitrogen and oxygen atoms in total. The summed E-state index contributed by atoms with van der Waals surface area (Å²) in [4.78, 5) is 10.1. The maximum absolute atomic E-state index is 10.1. The molecule has 0 atom stereocenters. The quantitative estimate of drug-likeness (QED) is 0.540. The third kappa shape index (κ3) is 4.89. The monoisotopic (exact) mass is 147 g/mol. The largest absolute Gasteiger partial charge is 0.447 e. The van der Waals surface area contributed by atoms with Crippen molar-refractivity contribution >= 4 is 17.6 Å². The molecule has 0 spiro atoms. The third-order valence-electron chi connectivity index (χ3n) is 0.436. The van der Waals surface area contributed by atoms with Gasteiger partial charge >= 0.3 is 6.09 Å². The van der Waals surface area contributed by atoms with Gasteiger partial charge in [0.05, 0.1) is 0 Å². The van der Waals surface area contributed by atoms with Gasteiger partial charge in [-0.25, -0.2) is 4.79 Å². The smallest absolute Gasteiger partial charge is 0.443 e. The van der Waals surface area contributed by atoms with E-state index in [0.717, 1.165) is 0 Å². The molecule has 0 aromatic rings. The number of ether oxygens (including phenoxy) is 1. The number of carbonyl (C=O) groups is 1. The number of hydrogen-bond donors (Lipinski definition) is 0. The molecule has 0 N–H and O–H groups in total. The molecule has 9 heavy (non-hydrogen) atoms. The molecular formula is C4H5NO3S. The topological polar surface area (TPSA) is 55.7 Å². The van der Waals surface area contributed by atoms with Crippen LogP contribution < -0.4 is 0 Å². The first-order valence-electron chi connectivity index (χ1n) is 2.09. The summed E-state index contributed by atoms with van der Waals surface area (Å²) in [5, 5.41) is 0. The number of amides is 1. The fourth-order valence-electron chi connectivity index (χ4n) is 0.187. The molecule has 0 rings (SSSR count). The Balaban J connectivity index is 3.50. The van der Waals surface area contributed by atoms with E-state index < -0.39 is 6.09 Å². The molecule has 0 aliphatic carbocycles. The Labute approximate surface area is 55.8 Å². The predicted octanol–water partition coefficient (Wildman–Crippen LogP) is 0.706. The normalized spacial score (nSPS) is 7.56. The van der Waals surface area contributed by atoms with Gasteiger partial charge in [0.25, 0.3) is 0 Å². The Kier molecular flexibility index (Phi) is 4.61. The fourth-order valence-corrected chi connectivity index (χ4v) is 0.301. The third-order valence-corrected chi connectivity index (χ3v) is 0.660. The highest BCUT2D eigenvalue weighted by Crippen LogP contribution is 1.81. The molecule has 0 saturated carbocycles. The van der Waals surface area contributed by atoms with Crippen molar-refractivity contribution in [1.29, 1.82) is 0 Å². The second-order valence-electron chi connectivity index (χ2n) is 1.03. The first-order chi connectivity index (χ1) is 4.31. The van der Waals surface area contributed by atoms with E-state index >= 15 is 0 Å². The zero-order chi connectivity index (χ0) is 7.11. The minimum Gasteiger partial charge on any atom is -0.443 e. The van der Waals surface area contributed by atoms with Crippen LogP contribution in [0.4, 0.5) is 4.79 Å². The molecule has 0 aliphatic heterocycles. The molecule has 0 fully saturated rings. The molecule has 0 aromatic carbocycles. The average molecular weight is 147 g/mol. The van der Waals surface area contributed by atoms with Gasteiger partial charge in [-0.15, -0.1) is 0 Å². The number of nitrogens with zero attached hydrogens (tertiary/aromatic N) is 1. The van der Waals surface area contributed by atoms with Crippen molar-refractivity contribution in [1.82, 2.24) is 0 Å². The second-order valence-corrected chi connectivity index (χ2v) is 1.36. The van der Waals surface area contributed by atoms with Crippen molar-refractivity contribution in [3.05, 3.63) is 12.7 Å². The molecular weight excluding hydrogens is 142 g/mol. The zero-order valence-electron chi connectivity index (χ0n) is 4.57. The first-order valence-corrected chi connectivity index (χ1v) is 2.78. The van der Waals surface area contributed by atoms with Gasteiger partial charge in [-0.3, -0.25) is 0 Å². The maximum atomic E-state index is 10.1. The second kappa shape index (κ2) is 5.17. The van der Waals surface area contributed by atoms with Crippen LogP contribution in [-0.2, 0) is 16.2 Å². The highest BCUT2D eigenvalue weighted by Gasteiger charge is 1.93. The van der Waals surface area contributed by atoms with Crippen molar-refractivity contribution in [2.24, 2.45) is 4.36 Å². The van der Waals surface area contributed by atoms with Crippen LogP contribution in [-0.4, -0.2) is 16.9 Å². The molecule has 0 aliphatic rings. The molecule has 0 bridgehead atoms. The van der Waals surface area contributed by atoms with E-state index in [4.69, 9.17) is 0 Å². The minimum absolute atomic E-state index is 0.0862. The Hall–Kier alpha value is -0.970. The van der Waals surface area contributed by atoms with Gasteiger partial charge in [-0.2, -0.15) is 4.21 Å². The first kappa shape index (κ1) is 8.03. The van der Waals surface area contributed by atoms with E-state index in [1.807, 2.05) is 0 Å². The summed E-state index contributed by atoms with van der Waals surface area (Å²) in [5.74, 6) is 0.